The third-order valence-corrected chi connectivity index (χ3v) is 4.10. The van der Waals surface area contributed by atoms with E-state index in [1.54, 1.807) is 11.8 Å². The van der Waals surface area contributed by atoms with Crippen molar-refractivity contribution in [1.29, 1.82) is 0 Å². The Balaban J connectivity index is 2.02. The van der Waals surface area contributed by atoms with E-state index in [1.807, 2.05) is 39.0 Å². The van der Waals surface area contributed by atoms with Crippen molar-refractivity contribution < 1.29 is 14.6 Å². The normalized spacial score (nSPS) is 20.7. The summed E-state index contributed by atoms with van der Waals surface area (Å²) in [5.41, 5.74) is 0.761. The Hall–Kier alpha value is -1.59. The molecule has 1 fully saturated rings. The van der Waals surface area contributed by atoms with Gasteiger partial charge in [0.1, 0.15) is 5.60 Å². The molecule has 1 N–H and O–H groups in total. The highest BCUT2D eigenvalue weighted by atomic mass is 16.6. The fourth-order valence-corrected chi connectivity index (χ4v) is 3.03. The van der Waals surface area contributed by atoms with E-state index in [4.69, 9.17) is 4.74 Å². The number of hydrogen-bond donors (Lipinski definition) is 1. The largest absolute Gasteiger partial charge is 0.444 e. The first-order valence-corrected chi connectivity index (χ1v) is 8.68. The topological polar surface area (TPSA) is 53.0 Å². The van der Waals surface area contributed by atoms with E-state index >= 15 is 0 Å². The van der Waals surface area contributed by atoms with E-state index < -0.39 is 11.7 Å². The molecular weight excluding hydrogens is 304 g/mol. The van der Waals surface area contributed by atoms with Gasteiger partial charge in [0.15, 0.2) is 0 Å². The minimum Gasteiger partial charge on any atom is -0.444 e. The minimum absolute atomic E-state index is 0.131. The average molecular weight is 334 g/mol. The van der Waals surface area contributed by atoms with Crippen LogP contribution < -0.4 is 0 Å². The lowest BCUT2D eigenvalue weighted by atomic mass is 10.0. The first kappa shape index (κ1) is 18.7. The lowest BCUT2D eigenvalue weighted by Crippen LogP contribution is -2.55. The van der Waals surface area contributed by atoms with Crippen LogP contribution in [0.5, 0.6) is 0 Å². The summed E-state index contributed by atoms with van der Waals surface area (Å²) in [7, 11) is 0. The molecule has 24 heavy (non-hydrogen) atoms. The maximum Gasteiger partial charge on any atom is 0.410 e. The second-order valence-corrected chi connectivity index (χ2v) is 7.62. The predicted octanol–water partition coefficient (Wildman–Crippen LogP) is 2.88. The molecule has 1 aliphatic heterocycles. The van der Waals surface area contributed by atoms with Crippen LogP contribution in [0.4, 0.5) is 4.79 Å². The number of hydrogen-bond acceptors (Lipinski definition) is 4. The number of piperazine rings is 1. The third kappa shape index (κ3) is 5.80. The highest BCUT2D eigenvalue weighted by Gasteiger charge is 2.32. The smallest absolute Gasteiger partial charge is 0.410 e. The molecule has 134 valence electrons. The maximum absolute atomic E-state index is 12.3. The molecule has 1 aromatic rings. The Morgan fingerprint density at radius 2 is 1.96 bits per heavy atom. The van der Waals surface area contributed by atoms with Crippen molar-refractivity contribution in [3.63, 3.8) is 0 Å². The van der Waals surface area contributed by atoms with Crippen molar-refractivity contribution in [2.24, 2.45) is 0 Å². The lowest BCUT2D eigenvalue weighted by molar-refractivity contribution is -0.00489. The van der Waals surface area contributed by atoms with Crippen molar-refractivity contribution in [2.75, 3.05) is 19.6 Å². The molecule has 0 bridgehead atoms. The first-order chi connectivity index (χ1) is 11.2. The van der Waals surface area contributed by atoms with E-state index in [2.05, 4.69) is 17.0 Å². The summed E-state index contributed by atoms with van der Waals surface area (Å²) in [6, 6.07) is 10.4. The predicted molar refractivity (Wildman–Crippen MR) is 94.7 cm³/mol. The van der Waals surface area contributed by atoms with Gasteiger partial charge in [-0.3, -0.25) is 4.90 Å². The van der Waals surface area contributed by atoms with Gasteiger partial charge in [0.25, 0.3) is 0 Å². The van der Waals surface area contributed by atoms with Crippen molar-refractivity contribution in [3.8, 4) is 0 Å². The van der Waals surface area contributed by atoms with Gasteiger partial charge in [0.05, 0.1) is 6.10 Å². The number of benzene rings is 1. The summed E-state index contributed by atoms with van der Waals surface area (Å²) in [5, 5.41) is 9.84. The molecule has 1 aromatic carbocycles. The van der Waals surface area contributed by atoms with Crippen molar-refractivity contribution in [3.05, 3.63) is 35.9 Å². The quantitative estimate of drug-likeness (QED) is 0.920. The SMILES string of the molecule is C[C@@H](O)C[C@@H]1CN(C(=O)OC(C)(C)C)CCN1Cc1ccccc1. The summed E-state index contributed by atoms with van der Waals surface area (Å²) in [4.78, 5) is 16.4. The van der Waals surface area contributed by atoms with Gasteiger partial charge in [0.2, 0.25) is 0 Å². The molecule has 1 saturated heterocycles. The zero-order valence-corrected chi connectivity index (χ0v) is 15.2. The van der Waals surface area contributed by atoms with E-state index in [1.165, 1.54) is 5.56 Å². The summed E-state index contributed by atoms with van der Waals surface area (Å²) < 4.78 is 5.49. The van der Waals surface area contributed by atoms with Crippen LogP contribution in [-0.2, 0) is 11.3 Å². The van der Waals surface area contributed by atoms with Gasteiger partial charge >= 0.3 is 6.09 Å². The van der Waals surface area contributed by atoms with Gasteiger partial charge < -0.3 is 14.7 Å². The van der Waals surface area contributed by atoms with Gasteiger partial charge in [-0.1, -0.05) is 30.3 Å². The summed E-state index contributed by atoms with van der Waals surface area (Å²) in [5.74, 6) is 0. The molecule has 1 amide bonds. The van der Waals surface area contributed by atoms with Gasteiger partial charge in [-0.25, -0.2) is 4.79 Å². The monoisotopic (exact) mass is 334 g/mol. The molecule has 0 spiro atoms. The second-order valence-electron chi connectivity index (χ2n) is 7.62. The first-order valence-electron chi connectivity index (χ1n) is 8.68. The van der Waals surface area contributed by atoms with E-state index in [-0.39, 0.29) is 12.1 Å². The number of amides is 1. The number of carbonyl (C=O) groups is 1. The third-order valence-electron chi connectivity index (χ3n) is 4.10. The highest BCUT2D eigenvalue weighted by molar-refractivity contribution is 5.68. The lowest BCUT2D eigenvalue weighted by Gasteiger charge is -2.42. The molecule has 1 heterocycles. The molecule has 2 atom stereocenters. The zero-order valence-electron chi connectivity index (χ0n) is 15.2. The maximum atomic E-state index is 12.3. The van der Waals surface area contributed by atoms with E-state index in [0.717, 1.165) is 13.1 Å². The van der Waals surface area contributed by atoms with E-state index in [0.29, 0.717) is 19.5 Å². The number of rotatable bonds is 4. The number of ether oxygens (including phenoxy) is 1. The fourth-order valence-electron chi connectivity index (χ4n) is 3.03. The van der Waals surface area contributed by atoms with Crippen LogP contribution in [0, 0.1) is 0 Å². The Morgan fingerprint density at radius 1 is 1.29 bits per heavy atom. The molecule has 1 aliphatic rings. The van der Waals surface area contributed by atoms with Crippen LogP contribution in [0.2, 0.25) is 0 Å². The van der Waals surface area contributed by atoms with Crippen LogP contribution in [0.25, 0.3) is 0 Å². The van der Waals surface area contributed by atoms with Crippen LogP contribution >= 0.6 is 0 Å². The average Bonchev–Trinajstić information content (AvgIpc) is 2.47. The van der Waals surface area contributed by atoms with Crippen molar-refractivity contribution >= 4 is 6.09 Å². The second kappa shape index (κ2) is 7.99. The molecule has 5 heteroatoms. The molecular formula is C19H30N2O3. The van der Waals surface area contributed by atoms with Crippen molar-refractivity contribution in [1.82, 2.24) is 9.80 Å². The number of aliphatic hydroxyl groups excluding tert-OH is 1. The number of carbonyl (C=O) groups excluding carboxylic acids is 1. The molecule has 0 radical (unpaired) electrons. The number of aliphatic hydroxyl groups is 1. The minimum atomic E-state index is -0.488. The summed E-state index contributed by atoms with van der Waals surface area (Å²) in [6.45, 7) is 10.3. The van der Waals surface area contributed by atoms with Crippen LogP contribution in [0.3, 0.4) is 0 Å². The summed E-state index contributed by atoms with van der Waals surface area (Å²) >= 11 is 0. The van der Waals surface area contributed by atoms with E-state index in [9.17, 15) is 9.90 Å². The molecule has 2 rings (SSSR count). The molecule has 0 saturated carbocycles. The Morgan fingerprint density at radius 3 is 2.54 bits per heavy atom. The standard InChI is InChI=1S/C19H30N2O3/c1-15(22)12-17-14-21(18(23)24-19(2,3)4)11-10-20(17)13-16-8-6-5-7-9-16/h5-9,15,17,22H,10-14H2,1-4H3/t15-,17-/m1/s1. The van der Waals surface area contributed by atoms with Crippen LogP contribution in [0.15, 0.2) is 30.3 Å². The molecule has 0 aromatic heterocycles. The molecule has 0 unspecified atom stereocenters. The number of nitrogens with zero attached hydrogens (tertiary/aromatic N) is 2. The molecule has 0 aliphatic carbocycles. The zero-order chi connectivity index (χ0) is 17.7. The fraction of sp³-hybridized carbons (Fsp3) is 0.632. The van der Waals surface area contributed by atoms with Gasteiger partial charge in [-0.05, 0) is 39.7 Å². The Labute approximate surface area is 145 Å². The Bertz CT molecular complexity index is 525. The van der Waals surface area contributed by atoms with Crippen LogP contribution in [-0.4, -0.2) is 58.4 Å². The summed E-state index contributed by atoms with van der Waals surface area (Å²) in [6.07, 6.45) is -0.0177. The van der Waals surface area contributed by atoms with Gasteiger partial charge in [-0.15, -0.1) is 0 Å². The van der Waals surface area contributed by atoms with Gasteiger partial charge in [-0.2, -0.15) is 0 Å². The van der Waals surface area contributed by atoms with Crippen LogP contribution in [0.1, 0.15) is 39.7 Å². The highest BCUT2D eigenvalue weighted by Crippen LogP contribution is 2.20. The Kier molecular flexibility index (Phi) is 6.24. The van der Waals surface area contributed by atoms with Gasteiger partial charge in [0, 0.05) is 32.2 Å². The van der Waals surface area contributed by atoms with Crippen molar-refractivity contribution in [2.45, 2.75) is 58.4 Å². The molecule has 5 nitrogen and oxygen atoms in total.